The molecule has 219 valence electrons. The number of aromatic nitrogens is 2. The maximum Gasteiger partial charge on any atom is 0.164 e. The van der Waals surface area contributed by atoms with Gasteiger partial charge >= 0.3 is 0 Å². The fraction of sp³-hybridized carbons (Fsp3) is 0.400. The van der Waals surface area contributed by atoms with Gasteiger partial charge in [-0.15, -0.1) is 41.6 Å². The van der Waals surface area contributed by atoms with Crippen LogP contribution in [0.5, 0.6) is 0 Å². The monoisotopic (exact) mass is 746 g/mol. The van der Waals surface area contributed by atoms with E-state index in [1.54, 1.807) is 11.8 Å². The molecule has 1 aliphatic rings. The SMILES string of the molecule is CCC(C)(CC)C(=O)/C=C(\O)C(C)(CC)CC.Cc1cc2c(cc3c4c(nccc42)-c2[c-]cccc2S3)c(C)n1.[Ir]. The second-order valence-corrected chi connectivity index (χ2v) is 12.4. The summed E-state index contributed by atoms with van der Waals surface area (Å²) in [5, 5.41) is 15.1. The van der Waals surface area contributed by atoms with Gasteiger partial charge in [0.15, 0.2) is 5.78 Å². The van der Waals surface area contributed by atoms with Crippen LogP contribution in [0.3, 0.4) is 0 Å². The Morgan fingerprint density at radius 1 is 0.951 bits per heavy atom. The third kappa shape index (κ3) is 6.30. The molecule has 1 radical (unpaired) electrons. The van der Waals surface area contributed by atoms with Gasteiger partial charge in [0.1, 0.15) is 5.76 Å². The van der Waals surface area contributed by atoms with Gasteiger partial charge in [-0.3, -0.25) is 9.78 Å². The standard InChI is InChI=1S/C20H13N2S.C15H28O2.Ir/c1-11-9-16-13-7-8-21-20-14-5-3-4-6-17(14)23-18(19(13)20)10-15(16)12(2)22-11;1-7-14(5,8-2)12(16)11-13(17)15(6,9-3)10-4;/h3-4,6-10H,1-2H3;11,16H,7-10H2,1-6H3;/q-1;;/b;12-11-;. The number of ketones is 1. The van der Waals surface area contributed by atoms with Crippen LogP contribution in [0.4, 0.5) is 0 Å². The second-order valence-electron chi connectivity index (χ2n) is 11.3. The molecule has 0 saturated carbocycles. The second kappa shape index (κ2) is 13.2. The maximum atomic E-state index is 12.2. The number of aliphatic hydroxyl groups is 1. The van der Waals surface area contributed by atoms with Gasteiger partial charge in [-0.25, -0.2) is 0 Å². The van der Waals surface area contributed by atoms with Crippen molar-refractivity contribution in [3.05, 3.63) is 71.9 Å². The van der Waals surface area contributed by atoms with Gasteiger partial charge in [0.2, 0.25) is 0 Å². The van der Waals surface area contributed by atoms with E-state index in [9.17, 15) is 9.90 Å². The topological polar surface area (TPSA) is 63.1 Å². The Bertz CT molecular complexity index is 1600. The van der Waals surface area contributed by atoms with Gasteiger partial charge in [-0.05, 0) is 79.6 Å². The Hall–Kier alpha value is -2.53. The molecular formula is C35H41IrN2O2S-. The Morgan fingerprint density at radius 3 is 2.24 bits per heavy atom. The van der Waals surface area contributed by atoms with Gasteiger partial charge in [0.25, 0.3) is 0 Å². The van der Waals surface area contributed by atoms with Crippen LogP contribution >= 0.6 is 11.8 Å². The van der Waals surface area contributed by atoms with Crippen LogP contribution in [0.25, 0.3) is 32.8 Å². The van der Waals surface area contributed by atoms with Gasteiger partial charge in [0.05, 0.1) is 0 Å². The third-order valence-corrected chi connectivity index (χ3v) is 10.1. The molecule has 4 nitrogen and oxygen atoms in total. The predicted octanol–water partition coefficient (Wildman–Crippen LogP) is 9.98. The number of rotatable bonds is 7. The number of carbonyl (C=O) groups excluding carboxylic acids is 1. The average Bonchev–Trinajstić information content (AvgIpc) is 2.97. The van der Waals surface area contributed by atoms with E-state index in [1.807, 2.05) is 59.9 Å². The first kappa shape index (κ1) is 33.0. The number of hydrogen-bond acceptors (Lipinski definition) is 5. The number of allylic oxidation sites excluding steroid dienone is 2. The summed E-state index contributed by atoms with van der Waals surface area (Å²) in [7, 11) is 0. The minimum atomic E-state index is -0.337. The summed E-state index contributed by atoms with van der Waals surface area (Å²) < 4.78 is 0. The van der Waals surface area contributed by atoms with Crippen LogP contribution in [-0.4, -0.2) is 20.9 Å². The van der Waals surface area contributed by atoms with Crippen molar-refractivity contribution in [2.45, 2.75) is 90.9 Å². The van der Waals surface area contributed by atoms with Crippen LogP contribution < -0.4 is 0 Å². The van der Waals surface area contributed by atoms with E-state index in [-0.39, 0.29) is 42.5 Å². The van der Waals surface area contributed by atoms with E-state index in [1.165, 1.54) is 37.4 Å². The number of fused-ring (bicyclic) bond motifs is 4. The zero-order valence-corrected chi connectivity index (χ0v) is 28.7. The summed E-state index contributed by atoms with van der Waals surface area (Å²) in [6.45, 7) is 16.2. The minimum absolute atomic E-state index is 0. The zero-order valence-electron chi connectivity index (χ0n) is 25.4. The number of pyridine rings is 2. The first-order chi connectivity index (χ1) is 19.0. The largest absolute Gasteiger partial charge is 0.512 e. The van der Waals surface area contributed by atoms with Gasteiger partial charge < -0.3 is 10.1 Å². The smallest absolute Gasteiger partial charge is 0.164 e. The molecule has 4 aromatic rings. The molecule has 1 aliphatic heterocycles. The molecule has 0 saturated heterocycles. The number of carbonyl (C=O) groups is 1. The molecule has 1 N–H and O–H groups in total. The summed E-state index contributed by atoms with van der Waals surface area (Å²) >= 11 is 1.80. The molecule has 0 amide bonds. The molecule has 2 aromatic carbocycles. The van der Waals surface area contributed by atoms with E-state index in [0.29, 0.717) is 0 Å². The fourth-order valence-corrected chi connectivity index (χ4v) is 6.27. The Labute approximate surface area is 262 Å². The molecule has 0 aliphatic carbocycles. The fourth-order valence-electron chi connectivity index (χ4n) is 5.15. The van der Waals surface area contributed by atoms with Crippen LogP contribution in [0, 0.1) is 30.7 Å². The summed E-state index contributed by atoms with van der Waals surface area (Å²) in [6.07, 6.45) is 6.66. The van der Waals surface area contributed by atoms with Crippen molar-refractivity contribution in [2.75, 3.05) is 0 Å². The maximum absolute atomic E-state index is 12.2. The molecule has 0 spiro atoms. The quantitative estimate of drug-likeness (QED) is 0.0778. The van der Waals surface area contributed by atoms with Crippen molar-refractivity contribution in [2.24, 2.45) is 10.8 Å². The Morgan fingerprint density at radius 2 is 1.61 bits per heavy atom. The van der Waals surface area contributed by atoms with E-state index in [4.69, 9.17) is 0 Å². The van der Waals surface area contributed by atoms with Crippen molar-refractivity contribution in [1.29, 1.82) is 0 Å². The summed E-state index contributed by atoms with van der Waals surface area (Å²) in [4.78, 5) is 24.0. The van der Waals surface area contributed by atoms with Crippen LogP contribution in [0.2, 0.25) is 0 Å². The number of hydrogen-bond donors (Lipinski definition) is 1. The normalized spacial score (nSPS) is 12.8. The Kier molecular flexibility index (Phi) is 10.6. The van der Waals surface area contributed by atoms with E-state index in [0.717, 1.165) is 48.3 Å². The molecule has 0 bridgehead atoms. The molecule has 0 unspecified atom stereocenters. The number of aliphatic hydroxyl groups excluding tert-OH is 1. The van der Waals surface area contributed by atoms with E-state index < -0.39 is 0 Å². The molecule has 5 rings (SSSR count). The first-order valence-electron chi connectivity index (χ1n) is 14.4. The van der Waals surface area contributed by atoms with Crippen molar-refractivity contribution >= 4 is 39.1 Å². The number of aryl methyl sites for hydroxylation is 2. The molecular weight excluding hydrogens is 705 g/mol. The van der Waals surface area contributed by atoms with Crippen LogP contribution in [-0.2, 0) is 24.9 Å². The number of benzene rings is 2. The summed E-state index contributed by atoms with van der Waals surface area (Å²) in [5.74, 6) is 0.286. The molecule has 3 heterocycles. The summed E-state index contributed by atoms with van der Waals surface area (Å²) in [6, 6.07) is 16.1. The third-order valence-electron chi connectivity index (χ3n) is 9.02. The average molecular weight is 746 g/mol. The van der Waals surface area contributed by atoms with Crippen molar-refractivity contribution in [3.8, 4) is 11.3 Å². The summed E-state index contributed by atoms with van der Waals surface area (Å²) in [5.41, 5.74) is 3.69. The predicted molar refractivity (Wildman–Crippen MR) is 168 cm³/mol. The van der Waals surface area contributed by atoms with Crippen LogP contribution in [0.1, 0.15) is 78.6 Å². The zero-order chi connectivity index (χ0) is 29.2. The molecule has 0 fully saturated rings. The van der Waals surface area contributed by atoms with Gasteiger partial charge in [-0.2, -0.15) is 0 Å². The molecule has 2 aromatic heterocycles. The van der Waals surface area contributed by atoms with E-state index >= 15 is 0 Å². The van der Waals surface area contributed by atoms with Gasteiger partial charge in [0, 0.05) is 64.9 Å². The molecule has 6 heteroatoms. The van der Waals surface area contributed by atoms with Crippen molar-refractivity contribution in [1.82, 2.24) is 9.97 Å². The van der Waals surface area contributed by atoms with Gasteiger partial charge in [-0.1, -0.05) is 46.4 Å². The van der Waals surface area contributed by atoms with Crippen molar-refractivity contribution in [3.63, 3.8) is 0 Å². The molecule has 41 heavy (non-hydrogen) atoms. The van der Waals surface area contributed by atoms with Crippen molar-refractivity contribution < 1.29 is 30.0 Å². The van der Waals surface area contributed by atoms with Crippen LogP contribution in [0.15, 0.2) is 64.2 Å². The molecule has 0 atom stereocenters. The first-order valence-corrected chi connectivity index (χ1v) is 15.2. The Balaban J connectivity index is 0.000000233. The minimum Gasteiger partial charge on any atom is -0.512 e. The number of nitrogens with zero attached hydrogens (tertiary/aromatic N) is 2. The van der Waals surface area contributed by atoms with E-state index in [2.05, 4.69) is 54.1 Å².